The van der Waals surface area contributed by atoms with Gasteiger partial charge in [-0.2, -0.15) is 0 Å². The Morgan fingerprint density at radius 1 is 1.15 bits per heavy atom. The predicted molar refractivity (Wildman–Crippen MR) is 103 cm³/mol. The van der Waals surface area contributed by atoms with Crippen LogP contribution in [-0.4, -0.2) is 30.8 Å². The van der Waals surface area contributed by atoms with Crippen molar-refractivity contribution in [1.29, 1.82) is 0 Å². The second kappa shape index (κ2) is 8.61. The highest BCUT2D eigenvalue weighted by Crippen LogP contribution is 2.24. The number of halogens is 1. The first-order valence-corrected chi connectivity index (χ1v) is 8.59. The summed E-state index contributed by atoms with van der Waals surface area (Å²) >= 11 is 0. The van der Waals surface area contributed by atoms with Gasteiger partial charge in [-0.3, -0.25) is 0 Å². The first-order chi connectivity index (χ1) is 12.3. The smallest absolute Gasteiger partial charge is 0.338 e. The summed E-state index contributed by atoms with van der Waals surface area (Å²) in [4.78, 5) is 18.9. The highest BCUT2D eigenvalue weighted by atomic mass is 19.1. The van der Waals surface area contributed by atoms with Gasteiger partial charge in [-0.15, -0.1) is 0 Å². The molecule has 0 bridgehead atoms. The van der Waals surface area contributed by atoms with Crippen molar-refractivity contribution in [2.75, 3.05) is 13.6 Å². The molecular weight excluding hydrogens is 331 g/mol. The van der Waals surface area contributed by atoms with E-state index >= 15 is 0 Å². The Hall–Kier alpha value is -2.69. The maximum Gasteiger partial charge on any atom is 0.338 e. The quantitative estimate of drug-likeness (QED) is 0.427. The molecule has 0 aliphatic carbocycles. The van der Waals surface area contributed by atoms with Gasteiger partial charge in [0.25, 0.3) is 0 Å². The molecule has 0 unspecified atom stereocenters. The maximum absolute atomic E-state index is 13.2. The number of hydrogen-bond acceptors (Lipinski definition) is 3. The SMILES string of the molecule is CCN(C)/C=N/c1cc(C)c(C(=O)OCc2ccc(F)cc2C)cc1C. The van der Waals surface area contributed by atoms with Gasteiger partial charge in [-0.1, -0.05) is 6.07 Å². The lowest BCUT2D eigenvalue weighted by Crippen LogP contribution is -2.14. The van der Waals surface area contributed by atoms with E-state index in [9.17, 15) is 9.18 Å². The Labute approximate surface area is 154 Å². The van der Waals surface area contributed by atoms with Gasteiger partial charge in [0.15, 0.2) is 0 Å². The van der Waals surface area contributed by atoms with Crippen LogP contribution in [0.5, 0.6) is 0 Å². The molecule has 5 heteroatoms. The third-order valence-corrected chi connectivity index (χ3v) is 4.32. The maximum atomic E-state index is 13.2. The standard InChI is InChI=1S/C21H25FN2O2/c1-6-24(5)13-23-20-11-15(3)19(10-16(20)4)21(25)26-12-17-7-8-18(22)9-14(17)2/h7-11,13H,6,12H2,1-5H3/b23-13+. The number of rotatable bonds is 6. The number of carbonyl (C=O) groups excluding carboxylic acids is 1. The lowest BCUT2D eigenvalue weighted by Gasteiger charge is -2.12. The third kappa shape index (κ3) is 4.91. The molecule has 26 heavy (non-hydrogen) atoms. The number of benzene rings is 2. The van der Waals surface area contributed by atoms with Crippen LogP contribution in [0, 0.1) is 26.6 Å². The number of esters is 1. The van der Waals surface area contributed by atoms with Crippen molar-refractivity contribution in [3.05, 3.63) is 64.0 Å². The Morgan fingerprint density at radius 2 is 1.88 bits per heavy atom. The molecule has 0 saturated carbocycles. The molecule has 4 nitrogen and oxygen atoms in total. The number of aryl methyl sites for hydroxylation is 3. The van der Waals surface area contributed by atoms with Gasteiger partial charge < -0.3 is 9.64 Å². The topological polar surface area (TPSA) is 41.9 Å². The zero-order valence-electron chi connectivity index (χ0n) is 16.0. The van der Waals surface area contributed by atoms with Gasteiger partial charge in [0.2, 0.25) is 0 Å². The van der Waals surface area contributed by atoms with Crippen molar-refractivity contribution in [1.82, 2.24) is 4.90 Å². The molecule has 138 valence electrons. The van der Waals surface area contributed by atoms with Gasteiger partial charge in [0.05, 0.1) is 17.6 Å². The van der Waals surface area contributed by atoms with Crippen LogP contribution >= 0.6 is 0 Å². The van der Waals surface area contributed by atoms with E-state index in [2.05, 4.69) is 4.99 Å². The first-order valence-electron chi connectivity index (χ1n) is 8.59. The second-order valence-electron chi connectivity index (χ2n) is 6.42. The monoisotopic (exact) mass is 356 g/mol. The normalized spacial score (nSPS) is 11.0. The summed E-state index contributed by atoms with van der Waals surface area (Å²) in [6, 6.07) is 8.12. The van der Waals surface area contributed by atoms with Gasteiger partial charge in [-0.25, -0.2) is 14.2 Å². The fourth-order valence-electron chi connectivity index (χ4n) is 2.44. The zero-order chi connectivity index (χ0) is 19.3. The second-order valence-corrected chi connectivity index (χ2v) is 6.42. The largest absolute Gasteiger partial charge is 0.457 e. The molecule has 0 amide bonds. The van der Waals surface area contributed by atoms with E-state index in [1.807, 2.05) is 38.8 Å². The molecule has 0 atom stereocenters. The van der Waals surface area contributed by atoms with Crippen molar-refractivity contribution in [2.24, 2.45) is 4.99 Å². The Kier molecular flexibility index (Phi) is 6.50. The van der Waals surface area contributed by atoms with Crippen LogP contribution < -0.4 is 0 Å². The number of aliphatic imine (C=N–C) groups is 1. The van der Waals surface area contributed by atoms with Crippen LogP contribution in [0.25, 0.3) is 0 Å². The van der Waals surface area contributed by atoms with Gasteiger partial charge in [-0.05, 0) is 74.2 Å². The van der Waals surface area contributed by atoms with Crippen LogP contribution in [0.4, 0.5) is 10.1 Å². The van der Waals surface area contributed by atoms with Crippen molar-refractivity contribution >= 4 is 18.0 Å². The number of nitrogens with zero attached hydrogens (tertiary/aromatic N) is 2. The van der Waals surface area contributed by atoms with E-state index in [0.717, 1.165) is 34.5 Å². The minimum atomic E-state index is -0.393. The number of carbonyl (C=O) groups is 1. The van der Waals surface area contributed by atoms with Crippen LogP contribution in [0.3, 0.4) is 0 Å². The molecule has 0 fully saturated rings. The highest BCUT2D eigenvalue weighted by Gasteiger charge is 2.14. The van der Waals surface area contributed by atoms with Crippen molar-refractivity contribution in [3.8, 4) is 0 Å². The summed E-state index contributed by atoms with van der Waals surface area (Å²) in [5, 5.41) is 0. The van der Waals surface area contributed by atoms with E-state index in [1.54, 1.807) is 25.4 Å². The summed E-state index contributed by atoms with van der Waals surface area (Å²) in [6.45, 7) is 8.61. The predicted octanol–water partition coefficient (Wildman–Crippen LogP) is 4.72. The lowest BCUT2D eigenvalue weighted by molar-refractivity contribution is 0.0471. The van der Waals surface area contributed by atoms with Gasteiger partial charge in [0.1, 0.15) is 12.4 Å². The van der Waals surface area contributed by atoms with Crippen molar-refractivity contribution < 1.29 is 13.9 Å². The summed E-state index contributed by atoms with van der Waals surface area (Å²) in [5.41, 5.74) is 4.61. The van der Waals surface area contributed by atoms with E-state index in [1.165, 1.54) is 12.1 Å². The fraction of sp³-hybridized carbons (Fsp3) is 0.333. The molecule has 0 heterocycles. The van der Waals surface area contributed by atoms with Crippen LogP contribution in [0.2, 0.25) is 0 Å². The van der Waals surface area contributed by atoms with Crippen molar-refractivity contribution in [3.63, 3.8) is 0 Å². The molecular formula is C21H25FN2O2. The Bertz CT molecular complexity index is 831. The molecule has 0 saturated heterocycles. The van der Waals surface area contributed by atoms with Gasteiger partial charge >= 0.3 is 5.97 Å². The van der Waals surface area contributed by atoms with Crippen LogP contribution in [0.1, 0.15) is 39.5 Å². The Balaban J connectivity index is 2.13. The molecule has 0 N–H and O–H groups in total. The van der Waals surface area contributed by atoms with Gasteiger partial charge in [0, 0.05) is 13.6 Å². The van der Waals surface area contributed by atoms with Crippen molar-refractivity contribution in [2.45, 2.75) is 34.3 Å². The Morgan fingerprint density at radius 3 is 2.54 bits per heavy atom. The minimum Gasteiger partial charge on any atom is -0.457 e. The summed E-state index contributed by atoms with van der Waals surface area (Å²) in [5.74, 6) is -0.690. The van der Waals surface area contributed by atoms with E-state index in [0.29, 0.717) is 5.56 Å². The summed E-state index contributed by atoms with van der Waals surface area (Å²) < 4.78 is 18.6. The summed E-state index contributed by atoms with van der Waals surface area (Å²) in [7, 11) is 1.95. The minimum absolute atomic E-state index is 0.116. The third-order valence-electron chi connectivity index (χ3n) is 4.32. The molecule has 0 spiro atoms. The molecule has 0 aromatic heterocycles. The number of ether oxygens (including phenoxy) is 1. The molecule has 0 aliphatic heterocycles. The average Bonchev–Trinajstić information content (AvgIpc) is 2.60. The number of hydrogen-bond donors (Lipinski definition) is 0. The molecule has 2 rings (SSSR count). The molecule has 2 aromatic rings. The van der Waals surface area contributed by atoms with Crippen LogP contribution in [0.15, 0.2) is 35.3 Å². The molecule has 0 radical (unpaired) electrons. The highest BCUT2D eigenvalue weighted by molar-refractivity contribution is 5.92. The first kappa shape index (κ1) is 19.6. The molecule has 2 aromatic carbocycles. The van der Waals surface area contributed by atoms with E-state index in [4.69, 9.17) is 4.74 Å². The molecule has 0 aliphatic rings. The van der Waals surface area contributed by atoms with E-state index < -0.39 is 5.97 Å². The summed E-state index contributed by atoms with van der Waals surface area (Å²) in [6.07, 6.45) is 1.77. The fourth-order valence-corrected chi connectivity index (χ4v) is 2.44. The van der Waals surface area contributed by atoms with Crippen LogP contribution in [-0.2, 0) is 11.3 Å². The van der Waals surface area contributed by atoms with E-state index in [-0.39, 0.29) is 12.4 Å². The zero-order valence-corrected chi connectivity index (χ0v) is 16.0. The lowest BCUT2D eigenvalue weighted by atomic mass is 10.0. The average molecular weight is 356 g/mol.